The van der Waals surface area contributed by atoms with Crippen molar-refractivity contribution in [3.63, 3.8) is 0 Å². The molecule has 1 saturated heterocycles. The Balaban J connectivity index is 1.46. The quantitative estimate of drug-likeness (QED) is 0.407. The van der Waals surface area contributed by atoms with E-state index in [1.165, 1.54) is 0 Å². The Kier molecular flexibility index (Phi) is 7.78. The number of carbonyl (C=O) groups excluding carboxylic acids is 1. The monoisotopic (exact) mass is 505 g/mol. The molecular weight excluding hydrogens is 482 g/mol. The Morgan fingerprint density at radius 2 is 2.00 bits per heavy atom. The largest absolute Gasteiger partial charge is 0.379 e. The average Bonchev–Trinajstić information content (AvgIpc) is 3.19. The van der Waals surface area contributed by atoms with Gasteiger partial charge in [-0.15, -0.1) is 11.8 Å². The van der Waals surface area contributed by atoms with Gasteiger partial charge < -0.3 is 4.74 Å². The number of benzene rings is 2. The van der Waals surface area contributed by atoms with E-state index in [1.807, 2.05) is 47.4 Å². The van der Waals surface area contributed by atoms with Crippen molar-refractivity contribution >= 4 is 60.3 Å². The third-order valence-corrected chi connectivity index (χ3v) is 7.47. The van der Waals surface area contributed by atoms with Gasteiger partial charge in [-0.05, 0) is 36.8 Å². The molecule has 0 aliphatic carbocycles. The van der Waals surface area contributed by atoms with Gasteiger partial charge in [0.05, 0.1) is 29.2 Å². The molecule has 3 aromatic rings. The van der Waals surface area contributed by atoms with E-state index in [0.717, 1.165) is 64.0 Å². The number of rotatable bonds is 8. The zero-order valence-corrected chi connectivity index (χ0v) is 19.8. The maximum Gasteiger partial charge on any atom is 0.239 e. The summed E-state index contributed by atoms with van der Waals surface area (Å²) in [4.78, 5) is 23.3. The molecule has 0 spiro atoms. The number of carbonyl (C=O) groups is 1. The molecule has 1 aromatic heterocycles. The Bertz CT molecular complexity index is 977. The molecular formula is C22H24BrN3O2S2. The van der Waals surface area contributed by atoms with E-state index in [0.29, 0.717) is 12.3 Å². The number of fused-ring (bicyclic) bond motifs is 1. The summed E-state index contributed by atoms with van der Waals surface area (Å²) in [6.45, 7) is 5.16. The molecule has 5 nitrogen and oxygen atoms in total. The van der Waals surface area contributed by atoms with E-state index in [-0.39, 0.29) is 5.91 Å². The molecule has 8 heteroatoms. The minimum Gasteiger partial charge on any atom is -0.379 e. The highest BCUT2D eigenvalue weighted by atomic mass is 79.9. The summed E-state index contributed by atoms with van der Waals surface area (Å²) in [5, 5.41) is 0.781. The van der Waals surface area contributed by atoms with Crippen LogP contribution in [0.3, 0.4) is 0 Å². The lowest BCUT2D eigenvalue weighted by Crippen LogP contribution is -2.39. The van der Waals surface area contributed by atoms with Gasteiger partial charge in [0.15, 0.2) is 5.13 Å². The van der Waals surface area contributed by atoms with Crippen molar-refractivity contribution in [3.05, 3.63) is 53.0 Å². The fourth-order valence-corrected chi connectivity index (χ4v) is 5.70. The maximum atomic E-state index is 13.2. The number of aromatic nitrogens is 1. The van der Waals surface area contributed by atoms with Gasteiger partial charge in [0.2, 0.25) is 5.91 Å². The number of hydrogen-bond donors (Lipinski definition) is 0. The first-order valence-corrected chi connectivity index (χ1v) is 12.6. The van der Waals surface area contributed by atoms with Crippen LogP contribution >= 0.6 is 39.0 Å². The van der Waals surface area contributed by atoms with Gasteiger partial charge in [-0.3, -0.25) is 14.6 Å². The molecule has 0 radical (unpaired) electrons. The smallest absolute Gasteiger partial charge is 0.239 e. The molecule has 1 amide bonds. The van der Waals surface area contributed by atoms with E-state index < -0.39 is 0 Å². The molecule has 1 aliphatic heterocycles. The van der Waals surface area contributed by atoms with Crippen LogP contribution in [-0.2, 0) is 9.53 Å². The fraction of sp³-hybridized carbons (Fsp3) is 0.364. The van der Waals surface area contributed by atoms with Crippen LogP contribution in [0, 0.1) is 0 Å². The summed E-state index contributed by atoms with van der Waals surface area (Å²) in [6.07, 6.45) is 0.918. The number of amides is 1. The van der Waals surface area contributed by atoms with E-state index in [2.05, 4.69) is 26.9 Å². The van der Waals surface area contributed by atoms with Crippen LogP contribution in [0.15, 0.2) is 57.9 Å². The van der Waals surface area contributed by atoms with Crippen LogP contribution in [-0.4, -0.2) is 60.9 Å². The lowest BCUT2D eigenvalue weighted by molar-refractivity contribution is -0.116. The van der Waals surface area contributed by atoms with Crippen molar-refractivity contribution in [1.29, 1.82) is 0 Å². The maximum absolute atomic E-state index is 13.2. The third-order valence-electron chi connectivity index (χ3n) is 4.94. The second kappa shape index (κ2) is 10.7. The number of thiazole rings is 1. The van der Waals surface area contributed by atoms with Crippen LogP contribution < -0.4 is 4.90 Å². The minimum atomic E-state index is 0.101. The standard InChI is InChI=1S/C22H24BrN3O2S2/c23-17-7-8-19-20(15-17)30-22(24-19)26(10-4-9-25-11-13-28-14-12-25)21(27)16-29-18-5-2-1-3-6-18/h1-3,5-8,15H,4,9-14,16H2. The normalized spacial score (nSPS) is 14.8. The number of ether oxygens (including phenoxy) is 1. The van der Waals surface area contributed by atoms with Crippen molar-refractivity contribution in [3.8, 4) is 0 Å². The number of halogens is 1. The third kappa shape index (κ3) is 5.82. The van der Waals surface area contributed by atoms with Gasteiger partial charge in [-0.25, -0.2) is 4.98 Å². The Hall–Kier alpha value is -1.45. The molecule has 1 fully saturated rings. The van der Waals surface area contributed by atoms with Crippen molar-refractivity contribution < 1.29 is 9.53 Å². The molecule has 2 heterocycles. The molecule has 0 saturated carbocycles. The van der Waals surface area contributed by atoms with E-state index in [1.54, 1.807) is 23.1 Å². The predicted octanol–water partition coefficient (Wildman–Crippen LogP) is 4.91. The van der Waals surface area contributed by atoms with Crippen molar-refractivity contribution in [2.24, 2.45) is 0 Å². The first kappa shape index (κ1) is 21.8. The first-order chi connectivity index (χ1) is 14.7. The van der Waals surface area contributed by atoms with Gasteiger partial charge in [0, 0.05) is 35.5 Å². The number of thioether (sulfide) groups is 1. The molecule has 0 atom stereocenters. The van der Waals surface area contributed by atoms with E-state index in [9.17, 15) is 4.79 Å². The molecule has 4 rings (SSSR count). The summed E-state index contributed by atoms with van der Waals surface area (Å²) in [5.41, 5.74) is 0.930. The Morgan fingerprint density at radius 1 is 1.20 bits per heavy atom. The van der Waals surface area contributed by atoms with Crippen LogP contribution in [0.1, 0.15) is 6.42 Å². The summed E-state index contributed by atoms with van der Waals surface area (Å²) in [7, 11) is 0. The molecule has 0 N–H and O–H groups in total. The lowest BCUT2D eigenvalue weighted by Gasteiger charge is -2.27. The minimum absolute atomic E-state index is 0.101. The van der Waals surface area contributed by atoms with E-state index in [4.69, 9.17) is 9.72 Å². The molecule has 0 unspecified atom stereocenters. The van der Waals surface area contributed by atoms with Gasteiger partial charge in [0.25, 0.3) is 0 Å². The van der Waals surface area contributed by atoms with Crippen LogP contribution in [0.2, 0.25) is 0 Å². The topological polar surface area (TPSA) is 45.7 Å². The molecule has 158 valence electrons. The molecule has 0 bridgehead atoms. The Morgan fingerprint density at radius 3 is 2.80 bits per heavy atom. The zero-order chi connectivity index (χ0) is 20.8. The van der Waals surface area contributed by atoms with Crippen molar-refractivity contribution in [2.45, 2.75) is 11.3 Å². The number of anilines is 1. The predicted molar refractivity (Wildman–Crippen MR) is 129 cm³/mol. The zero-order valence-electron chi connectivity index (χ0n) is 16.6. The second-order valence-corrected chi connectivity index (χ2v) is 10.0. The number of hydrogen-bond acceptors (Lipinski definition) is 6. The van der Waals surface area contributed by atoms with Crippen LogP contribution in [0.4, 0.5) is 5.13 Å². The number of morpholine rings is 1. The lowest BCUT2D eigenvalue weighted by atomic mass is 10.3. The van der Waals surface area contributed by atoms with Crippen LogP contribution in [0.5, 0.6) is 0 Å². The van der Waals surface area contributed by atoms with E-state index >= 15 is 0 Å². The highest BCUT2D eigenvalue weighted by Gasteiger charge is 2.20. The summed E-state index contributed by atoms with van der Waals surface area (Å²) < 4.78 is 7.54. The highest BCUT2D eigenvalue weighted by Crippen LogP contribution is 2.31. The Labute approximate surface area is 193 Å². The first-order valence-electron chi connectivity index (χ1n) is 10.0. The number of nitrogens with zero attached hydrogens (tertiary/aromatic N) is 3. The van der Waals surface area contributed by atoms with Gasteiger partial charge >= 0.3 is 0 Å². The molecule has 30 heavy (non-hydrogen) atoms. The fourth-order valence-electron chi connectivity index (χ4n) is 3.35. The van der Waals surface area contributed by atoms with Gasteiger partial charge in [-0.2, -0.15) is 0 Å². The summed E-state index contributed by atoms with van der Waals surface area (Å²) >= 11 is 6.67. The SMILES string of the molecule is O=C(CSc1ccccc1)N(CCCN1CCOCC1)c1nc2ccc(Br)cc2s1. The highest BCUT2D eigenvalue weighted by molar-refractivity contribution is 9.10. The second-order valence-electron chi connectivity index (χ2n) is 7.06. The average molecular weight is 506 g/mol. The van der Waals surface area contributed by atoms with Gasteiger partial charge in [-0.1, -0.05) is 45.5 Å². The van der Waals surface area contributed by atoms with Crippen molar-refractivity contribution in [1.82, 2.24) is 9.88 Å². The van der Waals surface area contributed by atoms with Crippen LogP contribution in [0.25, 0.3) is 10.2 Å². The van der Waals surface area contributed by atoms with Crippen molar-refractivity contribution in [2.75, 3.05) is 50.0 Å². The molecule has 1 aliphatic rings. The van der Waals surface area contributed by atoms with Gasteiger partial charge in [0.1, 0.15) is 0 Å². The summed E-state index contributed by atoms with van der Waals surface area (Å²) in [5.74, 6) is 0.505. The molecule has 2 aromatic carbocycles. The summed E-state index contributed by atoms with van der Waals surface area (Å²) in [6, 6.07) is 16.1.